The molecule has 11 rings (SSSR count). The zero-order valence-corrected chi connectivity index (χ0v) is 30.5. The Labute approximate surface area is 322 Å². The first kappa shape index (κ1) is 31.5. The van der Waals surface area contributed by atoms with Gasteiger partial charge in [-0.05, 0) is 105 Å². The second kappa shape index (κ2) is 12.8. The van der Waals surface area contributed by atoms with E-state index in [-0.39, 0.29) is 0 Å². The lowest BCUT2D eigenvalue weighted by atomic mass is 9.93. The largest absolute Gasteiger partial charge is 0.436 e. The minimum Gasteiger partial charge on any atom is -0.436 e. The Bertz CT molecular complexity index is 3200. The van der Waals surface area contributed by atoms with Crippen molar-refractivity contribution in [3.63, 3.8) is 0 Å². The third-order valence-electron chi connectivity index (χ3n) is 10.7. The molecule has 0 aliphatic heterocycles. The summed E-state index contributed by atoms with van der Waals surface area (Å²) in [6, 6.07) is 69.4. The summed E-state index contributed by atoms with van der Waals surface area (Å²) in [4.78, 5) is 7.52. The summed E-state index contributed by atoms with van der Waals surface area (Å²) in [6.45, 7) is 0. The van der Waals surface area contributed by atoms with Gasteiger partial charge in [-0.15, -0.1) is 11.3 Å². The van der Waals surface area contributed by atoms with Crippen molar-refractivity contribution in [3.05, 3.63) is 194 Å². The number of anilines is 3. The molecule has 4 heteroatoms. The molecule has 11 aromatic rings. The molecule has 0 saturated carbocycles. The van der Waals surface area contributed by atoms with Crippen LogP contribution in [0, 0.1) is 0 Å². The van der Waals surface area contributed by atoms with Gasteiger partial charge in [0.15, 0.2) is 5.58 Å². The molecule has 0 unspecified atom stereocenters. The Hall–Kier alpha value is -7.01. The molecule has 0 N–H and O–H groups in total. The summed E-state index contributed by atoms with van der Waals surface area (Å²) in [5.41, 5.74) is 10.6. The molecule has 0 spiro atoms. The summed E-state index contributed by atoms with van der Waals surface area (Å²) in [5.74, 6) is 0.626. The maximum Gasteiger partial charge on any atom is 0.227 e. The Balaban J connectivity index is 1.17. The third-order valence-corrected chi connectivity index (χ3v) is 11.8. The number of oxazole rings is 1. The fourth-order valence-electron chi connectivity index (χ4n) is 8.06. The molecule has 9 aromatic carbocycles. The maximum absolute atomic E-state index is 6.38. The van der Waals surface area contributed by atoms with Crippen molar-refractivity contribution >= 4 is 81.2 Å². The minimum absolute atomic E-state index is 0.626. The van der Waals surface area contributed by atoms with Crippen molar-refractivity contribution in [3.8, 4) is 33.7 Å². The maximum atomic E-state index is 6.38. The monoisotopic (exact) mass is 720 g/mol. The standard InChI is InChI=1S/C51H32N2OS/c1-4-12-33(13-5-1)41-27-25-39(30-43(41)34-14-6-2-7-15-34)53(40-26-29-48-45(32-40)42-18-10-11-19-47(42)55-48)38-24-22-35-20-21-36-23-28-46-50(49(36)44(35)31-38)52-51(54-46)37-16-8-3-9-17-37/h1-32H. The second-order valence-electron chi connectivity index (χ2n) is 13.9. The third kappa shape index (κ3) is 5.38. The van der Waals surface area contributed by atoms with Crippen LogP contribution in [0.1, 0.15) is 0 Å². The number of benzene rings is 9. The zero-order chi connectivity index (χ0) is 36.3. The Kier molecular flexibility index (Phi) is 7.35. The molecule has 3 nitrogen and oxygen atoms in total. The Morgan fingerprint density at radius 1 is 0.418 bits per heavy atom. The number of aromatic nitrogens is 1. The quantitative estimate of drug-likeness (QED) is 0.160. The fourth-order valence-corrected chi connectivity index (χ4v) is 9.14. The number of hydrogen-bond acceptors (Lipinski definition) is 4. The van der Waals surface area contributed by atoms with Crippen molar-refractivity contribution in [1.29, 1.82) is 0 Å². The van der Waals surface area contributed by atoms with Gasteiger partial charge in [0.2, 0.25) is 5.89 Å². The highest BCUT2D eigenvalue weighted by Crippen LogP contribution is 2.45. The molecule has 0 atom stereocenters. The SMILES string of the molecule is c1ccc(-c2nc3c(ccc4ccc5ccc(N(c6ccc(-c7ccccc7)c(-c7ccccc7)c6)c6ccc7sc8ccccc8c7c6)cc5c43)o2)cc1. The molecule has 0 fully saturated rings. The normalized spacial score (nSPS) is 11.6. The van der Waals surface area contributed by atoms with Crippen LogP contribution in [0.3, 0.4) is 0 Å². The fraction of sp³-hybridized carbons (Fsp3) is 0. The van der Waals surface area contributed by atoms with E-state index in [0.29, 0.717) is 5.89 Å². The number of rotatable bonds is 6. The van der Waals surface area contributed by atoms with E-state index in [1.54, 1.807) is 0 Å². The summed E-state index contributed by atoms with van der Waals surface area (Å²) in [5, 5.41) is 7.03. The highest BCUT2D eigenvalue weighted by atomic mass is 32.1. The van der Waals surface area contributed by atoms with E-state index in [2.05, 4.69) is 163 Å². The van der Waals surface area contributed by atoms with Crippen LogP contribution in [0.5, 0.6) is 0 Å². The summed E-state index contributed by atoms with van der Waals surface area (Å²) in [7, 11) is 0. The lowest BCUT2D eigenvalue weighted by Gasteiger charge is -2.27. The van der Waals surface area contributed by atoms with Crippen molar-refractivity contribution in [2.24, 2.45) is 0 Å². The van der Waals surface area contributed by atoms with Crippen LogP contribution in [-0.2, 0) is 0 Å². The molecule has 2 heterocycles. The van der Waals surface area contributed by atoms with Gasteiger partial charge in [-0.3, -0.25) is 0 Å². The molecule has 0 saturated heterocycles. The van der Waals surface area contributed by atoms with Gasteiger partial charge in [-0.1, -0.05) is 127 Å². The van der Waals surface area contributed by atoms with Gasteiger partial charge in [0.25, 0.3) is 0 Å². The van der Waals surface area contributed by atoms with Crippen molar-refractivity contribution < 1.29 is 4.42 Å². The molecule has 0 amide bonds. The number of nitrogens with zero attached hydrogens (tertiary/aromatic N) is 2. The average Bonchev–Trinajstić information content (AvgIpc) is 3.87. The van der Waals surface area contributed by atoms with Gasteiger partial charge in [0.1, 0.15) is 5.52 Å². The lowest BCUT2D eigenvalue weighted by Crippen LogP contribution is -2.10. The molecular formula is C51H32N2OS. The molecule has 0 aliphatic rings. The minimum atomic E-state index is 0.626. The average molecular weight is 721 g/mol. The topological polar surface area (TPSA) is 29.3 Å². The summed E-state index contributed by atoms with van der Waals surface area (Å²) >= 11 is 1.84. The van der Waals surface area contributed by atoms with Gasteiger partial charge >= 0.3 is 0 Å². The van der Waals surface area contributed by atoms with Crippen molar-refractivity contribution in [2.75, 3.05) is 4.90 Å². The molecule has 2 aromatic heterocycles. The van der Waals surface area contributed by atoms with Gasteiger partial charge < -0.3 is 9.32 Å². The van der Waals surface area contributed by atoms with Crippen LogP contribution in [0.15, 0.2) is 199 Å². The lowest BCUT2D eigenvalue weighted by molar-refractivity contribution is 0.620. The van der Waals surface area contributed by atoms with E-state index in [0.717, 1.165) is 55.3 Å². The summed E-state index contributed by atoms with van der Waals surface area (Å²) in [6.07, 6.45) is 0. The van der Waals surface area contributed by atoms with Crippen LogP contribution in [0.2, 0.25) is 0 Å². The molecule has 0 bridgehead atoms. The predicted molar refractivity (Wildman–Crippen MR) is 233 cm³/mol. The second-order valence-corrected chi connectivity index (χ2v) is 15.0. The van der Waals surface area contributed by atoms with Crippen LogP contribution in [0.25, 0.3) is 86.5 Å². The highest BCUT2D eigenvalue weighted by molar-refractivity contribution is 7.25. The van der Waals surface area contributed by atoms with Crippen LogP contribution >= 0.6 is 11.3 Å². The molecule has 0 aliphatic carbocycles. The highest BCUT2D eigenvalue weighted by Gasteiger charge is 2.20. The molecule has 0 radical (unpaired) electrons. The smallest absolute Gasteiger partial charge is 0.227 e. The van der Waals surface area contributed by atoms with Gasteiger partial charge in [0.05, 0.1) is 0 Å². The molecular weight excluding hydrogens is 689 g/mol. The van der Waals surface area contributed by atoms with Gasteiger partial charge in [-0.25, -0.2) is 4.98 Å². The van der Waals surface area contributed by atoms with E-state index >= 15 is 0 Å². The van der Waals surface area contributed by atoms with E-state index in [9.17, 15) is 0 Å². The number of thiophene rings is 1. The van der Waals surface area contributed by atoms with E-state index < -0.39 is 0 Å². The zero-order valence-electron chi connectivity index (χ0n) is 29.7. The first-order valence-corrected chi connectivity index (χ1v) is 19.3. The van der Waals surface area contributed by atoms with E-state index in [1.165, 1.54) is 42.4 Å². The van der Waals surface area contributed by atoms with Crippen LogP contribution in [-0.4, -0.2) is 4.98 Å². The van der Waals surface area contributed by atoms with E-state index in [1.807, 2.05) is 47.7 Å². The molecule has 55 heavy (non-hydrogen) atoms. The first-order chi connectivity index (χ1) is 27.2. The number of hydrogen-bond donors (Lipinski definition) is 0. The first-order valence-electron chi connectivity index (χ1n) is 18.5. The van der Waals surface area contributed by atoms with Gasteiger partial charge in [0, 0.05) is 48.2 Å². The number of fused-ring (bicyclic) bond motifs is 8. The van der Waals surface area contributed by atoms with Crippen molar-refractivity contribution in [2.45, 2.75) is 0 Å². The Morgan fingerprint density at radius 3 is 1.76 bits per heavy atom. The van der Waals surface area contributed by atoms with Crippen LogP contribution < -0.4 is 4.90 Å². The van der Waals surface area contributed by atoms with E-state index in [4.69, 9.17) is 9.40 Å². The Morgan fingerprint density at radius 2 is 0.982 bits per heavy atom. The van der Waals surface area contributed by atoms with Crippen molar-refractivity contribution in [1.82, 2.24) is 4.98 Å². The summed E-state index contributed by atoms with van der Waals surface area (Å²) < 4.78 is 8.95. The van der Waals surface area contributed by atoms with Crippen LogP contribution in [0.4, 0.5) is 17.1 Å². The van der Waals surface area contributed by atoms with Gasteiger partial charge in [-0.2, -0.15) is 0 Å². The predicted octanol–water partition coefficient (Wildman–Crippen LogP) is 15.0. The molecule has 258 valence electrons.